The number of carbonyl (C=O) groups excluding carboxylic acids is 2. The zero-order valence-corrected chi connectivity index (χ0v) is 10.4. The number of benzene rings is 1. The van der Waals surface area contributed by atoms with Gasteiger partial charge in [-0.1, -0.05) is 23.8 Å². The average Bonchev–Trinajstić information content (AvgIpc) is 2.32. The molecule has 0 atom stereocenters. The molecule has 1 N–H and O–H groups in total. The molecule has 2 rings (SSSR count). The van der Waals surface area contributed by atoms with Gasteiger partial charge in [-0.15, -0.1) is 0 Å². The van der Waals surface area contributed by atoms with Crippen molar-refractivity contribution in [2.24, 2.45) is 0 Å². The zero-order valence-electron chi connectivity index (χ0n) is 10.4. The van der Waals surface area contributed by atoms with Gasteiger partial charge in [-0.25, -0.2) is 4.79 Å². The molecule has 0 aromatic heterocycles. The lowest BCUT2D eigenvalue weighted by molar-refractivity contribution is -0.141. The Bertz CT molecular complexity index is 532. The van der Waals surface area contributed by atoms with Crippen molar-refractivity contribution < 1.29 is 14.3 Å². The van der Waals surface area contributed by atoms with E-state index in [2.05, 4.69) is 5.32 Å². The standard InChI is InChI=1S/C14H15NO3/c1-9-3-4-11(10(2)7-9)13(16)8-12-14(17)18-6-5-15-12/h3-4,7-8,15H,5-6H2,1-2H3/b12-8-. The van der Waals surface area contributed by atoms with Crippen LogP contribution in [0.4, 0.5) is 0 Å². The van der Waals surface area contributed by atoms with Crippen molar-refractivity contribution in [2.75, 3.05) is 13.2 Å². The summed E-state index contributed by atoms with van der Waals surface area (Å²) in [6.07, 6.45) is 1.30. The zero-order chi connectivity index (χ0) is 13.1. The summed E-state index contributed by atoms with van der Waals surface area (Å²) in [5.74, 6) is -0.659. The van der Waals surface area contributed by atoms with E-state index >= 15 is 0 Å². The van der Waals surface area contributed by atoms with Crippen molar-refractivity contribution in [1.29, 1.82) is 0 Å². The van der Waals surface area contributed by atoms with Crippen molar-refractivity contribution in [3.63, 3.8) is 0 Å². The van der Waals surface area contributed by atoms with Gasteiger partial charge in [0.1, 0.15) is 12.3 Å². The van der Waals surface area contributed by atoms with Crippen LogP contribution in [0.1, 0.15) is 21.5 Å². The molecule has 1 aromatic carbocycles. The summed E-state index contributed by atoms with van der Waals surface area (Å²) in [5, 5.41) is 2.87. The predicted molar refractivity (Wildman–Crippen MR) is 67.3 cm³/mol. The molecule has 0 amide bonds. The minimum Gasteiger partial charge on any atom is -0.459 e. The third-order valence-corrected chi connectivity index (χ3v) is 2.79. The van der Waals surface area contributed by atoms with Crippen molar-refractivity contribution >= 4 is 11.8 Å². The summed E-state index contributed by atoms with van der Waals surface area (Å²) in [5.41, 5.74) is 2.84. The first-order valence-corrected chi connectivity index (χ1v) is 5.82. The molecule has 0 saturated carbocycles. The topological polar surface area (TPSA) is 55.4 Å². The fourth-order valence-electron chi connectivity index (χ4n) is 1.89. The van der Waals surface area contributed by atoms with E-state index < -0.39 is 5.97 Å². The van der Waals surface area contributed by atoms with Gasteiger partial charge in [0, 0.05) is 18.2 Å². The summed E-state index contributed by atoms with van der Waals surface area (Å²) in [7, 11) is 0. The number of esters is 1. The summed E-state index contributed by atoms with van der Waals surface area (Å²) >= 11 is 0. The highest BCUT2D eigenvalue weighted by Crippen LogP contribution is 2.13. The summed E-state index contributed by atoms with van der Waals surface area (Å²) in [6.45, 7) is 4.73. The van der Waals surface area contributed by atoms with E-state index in [1.54, 1.807) is 6.07 Å². The molecular weight excluding hydrogens is 230 g/mol. The largest absolute Gasteiger partial charge is 0.459 e. The fourth-order valence-corrected chi connectivity index (χ4v) is 1.89. The first kappa shape index (κ1) is 12.4. The first-order valence-electron chi connectivity index (χ1n) is 5.82. The van der Waals surface area contributed by atoms with Gasteiger partial charge in [-0.2, -0.15) is 0 Å². The smallest absolute Gasteiger partial charge is 0.354 e. The lowest BCUT2D eigenvalue weighted by atomic mass is 10.0. The molecule has 0 spiro atoms. The summed E-state index contributed by atoms with van der Waals surface area (Å²) in [4.78, 5) is 23.5. The van der Waals surface area contributed by atoms with E-state index in [4.69, 9.17) is 4.74 Å². The minimum atomic E-state index is -0.473. The number of hydrogen-bond acceptors (Lipinski definition) is 4. The maximum Gasteiger partial charge on any atom is 0.354 e. The molecular formula is C14H15NO3. The molecule has 0 aliphatic carbocycles. The van der Waals surface area contributed by atoms with Crippen molar-refractivity contribution in [1.82, 2.24) is 5.32 Å². The second-order valence-corrected chi connectivity index (χ2v) is 4.30. The third-order valence-electron chi connectivity index (χ3n) is 2.79. The summed E-state index contributed by atoms with van der Waals surface area (Å²) in [6, 6.07) is 5.60. The van der Waals surface area contributed by atoms with Crippen LogP contribution in [0.5, 0.6) is 0 Å². The van der Waals surface area contributed by atoms with Gasteiger partial charge in [0.15, 0.2) is 5.78 Å². The van der Waals surface area contributed by atoms with Crippen molar-refractivity contribution in [2.45, 2.75) is 13.8 Å². The van der Waals surface area contributed by atoms with E-state index in [9.17, 15) is 9.59 Å². The number of allylic oxidation sites excluding steroid dienone is 1. The molecule has 1 saturated heterocycles. The van der Waals surface area contributed by atoms with E-state index in [0.29, 0.717) is 18.7 Å². The quantitative estimate of drug-likeness (QED) is 0.487. The van der Waals surface area contributed by atoms with Gasteiger partial charge >= 0.3 is 5.97 Å². The van der Waals surface area contributed by atoms with Crippen LogP contribution in [0.25, 0.3) is 0 Å². The molecule has 18 heavy (non-hydrogen) atoms. The van der Waals surface area contributed by atoms with Gasteiger partial charge in [-0.05, 0) is 19.4 Å². The molecule has 0 bridgehead atoms. The van der Waals surface area contributed by atoms with Gasteiger partial charge < -0.3 is 10.1 Å². The number of ether oxygens (including phenoxy) is 1. The van der Waals surface area contributed by atoms with Crippen LogP contribution in [-0.4, -0.2) is 24.9 Å². The Morgan fingerprint density at radius 2 is 2.17 bits per heavy atom. The van der Waals surface area contributed by atoms with Gasteiger partial charge in [0.05, 0.1) is 0 Å². The van der Waals surface area contributed by atoms with Crippen LogP contribution in [0.3, 0.4) is 0 Å². The number of hydrogen-bond donors (Lipinski definition) is 1. The number of rotatable bonds is 2. The van der Waals surface area contributed by atoms with Crippen LogP contribution in [0.2, 0.25) is 0 Å². The molecule has 1 fully saturated rings. The van der Waals surface area contributed by atoms with E-state index in [-0.39, 0.29) is 11.5 Å². The van der Waals surface area contributed by atoms with E-state index in [0.717, 1.165) is 11.1 Å². The molecule has 4 nitrogen and oxygen atoms in total. The molecule has 1 aliphatic heterocycles. The molecule has 1 aromatic rings. The lowest BCUT2D eigenvalue weighted by Crippen LogP contribution is -2.33. The lowest BCUT2D eigenvalue weighted by Gasteiger charge is -2.16. The normalized spacial score (nSPS) is 17.2. The van der Waals surface area contributed by atoms with E-state index in [1.807, 2.05) is 26.0 Å². The van der Waals surface area contributed by atoms with Crippen molar-refractivity contribution in [3.05, 3.63) is 46.7 Å². The average molecular weight is 245 g/mol. The van der Waals surface area contributed by atoms with Crippen LogP contribution in [-0.2, 0) is 9.53 Å². The Morgan fingerprint density at radius 3 is 2.83 bits per heavy atom. The highest BCUT2D eigenvalue weighted by atomic mass is 16.5. The molecule has 4 heteroatoms. The molecule has 1 aliphatic rings. The number of ketones is 1. The predicted octanol–water partition coefficient (Wildman–Crippen LogP) is 1.52. The SMILES string of the molecule is Cc1ccc(C(=O)/C=C2\NCCOC2=O)c(C)c1. The Hall–Kier alpha value is -2.10. The fraction of sp³-hybridized carbons (Fsp3) is 0.286. The number of aryl methyl sites for hydroxylation is 2. The van der Waals surface area contributed by atoms with Gasteiger partial charge in [-0.3, -0.25) is 4.79 Å². The summed E-state index contributed by atoms with van der Waals surface area (Å²) < 4.78 is 4.85. The van der Waals surface area contributed by atoms with Crippen molar-refractivity contribution in [3.8, 4) is 0 Å². The Kier molecular flexibility index (Phi) is 3.46. The van der Waals surface area contributed by atoms with Crippen LogP contribution in [0.15, 0.2) is 30.0 Å². The Labute approximate surface area is 106 Å². The number of carbonyl (C=O) groups is 2. The van der Waals surface area contributed by atoms with Crippen LogP contribution >= 0.6 is 0 Å². The third kappa shape index (κ3) is 2.59. The Morgan fingerprint density at radius 1 is 1.39 bits per heavy atom. The second kappa shape index (κ2) is 5.04. The van der Waals surface area contributed by atoms with Gasteiger partial charge in [0.25, 0.3) is 0 Å². The number of morpholine rings is 1. The maximum atomic E-state index is 12.1. The van der Waals surface area contributed by atoms with Crippen LogP contribution in [0, 0.1) is 13.8 Å². The first-order chi connectivity index (χ1) is 8.58. The number of nitrogens with one attached hydrogen (secondary N) is 1. The monoisotopic (exact) mass is 245 g/mol. The molecule has 94 valence electrons. The minimum absolute atomic E-state index is 0.186. The van der Waals surface area contributed by atoms with E-state index in [1.165, 1.54) is 6.08 Å². The van der Waals surface area contributed by atoms with Crippen LogP contribution < -0.4 is 5.32 Å². The molecule has 0 radical (unpaired) electrons. The number of cyclic esters (lactones) is 1. The second-order valence-electron chi connectivity index (χ2n) is 4.30. The molecule has 0 unspecified atom stereocenters. The van der Waals surface area contributed by atoms with Gasteiger partial charge in [0.2, 0.25) is 0 Å². The maximum absolute atomic E-state index is 12.1. The highest BCUT2D eigenvalue weighted by Gasteiger charge is 2.18. The molecule has 1 heterocycles. The highest BCUT2D eigenvalue weighted by molar-refractivity contribution is 6.09. The Balaban J connectivity index is 2.26.